The van der Waals surface area contributed by atoms with Crippen LogP contribution in [-0.2, 0) is 0 Å². The largest absolute Gasteiger partial charge is 0.415 e. The lowest BCUT2D eigenvalue weighted by atomic mass is 10.1. The molecule has 1 aliphatic rings. The lowest BCUT2D eigenvalue weighted by molar-refractivity contribution is 0.139. The number of nitrogens with two attached hydrogens (primary N) is 1. The molecule has 0 bridgehead atoms. The van der Waals surface area contributed by atoms with Gasteiger partial charge in [-0.2, -0.15) is 0 Å². The molecule has 1 aromatic carbocycles. The first-order valence-electron chi connectivity index (χ1n) is 6.05. The number of amides is 1. The first kappa shape index (κ1) is 13.2. The number of rotatable bonds is 1. The van der Waals surface area contributed by atoms with E-state index in [9.17, 15) is 4.79 Å². The average molecular weight is 269 g/mol. The minimum absolute atomic E-state index is 0.201. The number of piperidine rings is 1. The van der Waals surface area contributed by atoms with Crippen LogP contribution in [-0.4, -0.2) is 30.1 Å². The number of ether oxygens (including phenoxy) is 1. The molecule has 2 rings (SSSR count). The van der Waals surface area contributed by atoms with Gasteiger partial charge in [-0.05, 0) is 43.5 Å². The second kappa shape index (κ2) is 5.59. The van der Waals surface area contributed by atoms with Crippen LogP contribution in [0.4, 0.5) is 4.79 Å². The molecule has 18 heavy (non-hydrogen) atoms. The predicted octanol–water partition coefficient (Wildman–Crippen LogP) is 2.57. The zero-order valence-corrected chi connectivity index (χ0v) is 11.1. The van der Waals surface area contributed by atoms with E-state index in [0.717, 1.165) is 18.4 Å². The van der Waals surface area contributed by atoms with Gasteiger partial charge in [-0.3, -0.25) is 0 Å². The number of carbonyl (C=O) groups is 1. The summed E-state index contributed by atoms with van der Waals surface area (Å²) in [6.45, 7) is 3.19. The Bertz CT molecular complexity index is 443. The van der Waals surface area contributed by atoms with Gasteiger partial charge in [0.25, 0.3) is 0 Å². The second-order valence-electron chi connectivity index (χ2n) is 4.60. The highest BCUT2D eigenvalue weighted by atomic mass is 35.5. The minimum Gasteiger partial charge on any atom is -0.410 e. The van der Waals surface area contributed by atoms with Crippen LogP contribution < -0.4 is 10.5 Å². The fraction of sp³-hybridized carbons (Fsp3) is 0.462. The molecule has 1 aromatic rings. The lowest BCUT2D eigenvalue weighted by Crippen LogP contribution is -2.44. The Hall–Kier alpha value is -1.26. The highest BCUT2D eigenvalue weighted by Crippen LogP contribution is 2.22. The van der Waals surface area contributed by atoms with Crippen molar-refractivity contribution in [2.75, 3.05) is 13.1 Å². The number of aryl methyl sites for hydroxylation is 1. The Morgan fingerprint density at radius 3 is 2.72 bits per heavy atom. The van der Waals surface area contributed by atoms with Gasteiger partial charge in [-0.25, -0.2) is 4.79 Å². The van der Waals surface area contributed by atoms with Crippen molar-refractivity contribution in [2.45, 2.75) is 25.8 Å². The quantitative estimate of drug-likeness (QED) is 0.852. The van der Waals surface area contributed by atoms with Gasteiger partial charge in [-0.1, -0.05) is 11.6 Å². The molecule has 5 heteroatoms. The van der Waals surface area contributed by atoms with Crippen molar-refractivity contribution in [1.29, 1.82) is 0 Å². The summed E-state index contributed by atoms with van der Waals surface area (Å²) in [5.41, 5.74) is 6.68. The molecular formula is C13H17ClN2O2. The SMILES string of the molecule is Cc1cc(OC(=O)N2CCC(N)CC2)ccc1Cl. The molecule has 0 aromatic heterocycles. The standard InChI is InChI=1S/C13H17ClN2O2/c1-9-8-11(2-3-12(9)14)18-13(17)16-6-4-10(15)5-7-16/h2-3,8,10H,4-7,15H2,1H3. The van der Waals surface area contributed by atoms with Gasteiger partial charge in [0.05, 0.1) is 0 Å². The van der Waals surface area contributed by atoms with Crippen molar-refractivity contribution >= 4 is 17.7 Å². The maximum absolute atomic E-state index is 11.9. The topological polar surface area (TPSA) is 55.6 Å². The van der Waals surface area contributed by atoms with Crippen molar-refractivity contribution in [3.63, 3.8) is 0 Å². The number of likely N-dealkylation sites (tertiary alicyclic amines) is 1. The molecule has 2 N–H and O–H groups in total. The number of hydrogen-bond acceptors (Lipinski definition) is 3. The zero-order valence-electron chi connectivity index (χ0n) is 10.4. The van der Waals surface area contributed by atoms with Crippen LogP contribution in [0.1, 0.15) is 18.4 Å². The normalized spacial score (nSPS) is 16.7. The smallest absolute Gasteiger partial charge is 0.410 e. The third-order valence-electron chi connectivity index (χ3n) is 3.13. The number of nitrogens with zero attached hydrogens (tertiary/aromatic N) is 1. The maximum atomic E-state index is 11.9. The average Bonchev–Trinajstić information content (AvgIpc) is 2.34. The molecule has 1 amide bonds. The fourth-order valence-corrected chi connectivity index (χ4v) is 2.05. The van der Waals surface area contributed by atoms with Gasteiger partial charge in [0.15, 0.2) is 0 Å². The summed E-state index contributed by atoms with van der Waals surface area (Å²) in [4.78, 5) is 13.6. The van der Waals surface area contributed by atoms with Crippen molar-refractivity contribution in [1.82, 2.24) is 4.90 Å². The van der Waals surface area contributed by atoms with Crippen LogP contribution in [0, 0.1) is 6.92 Å². The lowest BCUT2D eigenvalue weighted by Gasteiger charge is -2.29. The minimum atomic E-state index is -0.316. The van der Waals surface area contributed by atoms with Crippen molar-refractivity contribution in [2.24, 2.45) is 5.73 Å². The van der Waals surface area contributed by atoms with Gasteiger partial charge < -0.3 is 15.4 Å². The van der Waals surface area contributed by atoms with E-state index < -0.39 is 0 Å². The van der Waals surface area contributed by atoms with Gasteiger partial charge in [-0.15, -0.1) is 0 Å². The van der Waals surface area contributed by atoms with Crippen LogP contribution in [0.15, 0.2) is 18.2 Å². The number of benzene rings is 1. The Labute approximate surface area is 112 Å². The molecule has 98 valence electrons. The maximum Gasteiger partial charge on any atom is 0.415 e. The van der Waals surface area contributed by atoms with Gasteiger partial charge in [0, 0.05) is 24.2 Å². The van der Waals surface area contributed by atoms with E-state index in [1.54, 1.807) is 23.1 Å². The molecule has 1 fully saturated rings. The van der Waals surface area contributed by atoms with E-state index in [2.05, 4.69) is 0 Å². The summed E-state index contributed by atoms with van der Waals surface area (Å²) < 4.78 is 5.31. The zero-order chi connectivity index (χ0) is 13.1. The van der Waals surface area contributed by atoms with E-state index in [1.807, 2.05) is 6.92 Å². The summed E-state index contributed by atoms with van der Waals surface area (Å²) in [5.74, 6) is 0.525. The summed E-state index contributed by atoms with van der Waals surface area (Å²) in [7, 11) is 0. The Balaban J connectivity index is 1.96. The molecule has 0 radical (unpaired) electrons. The van der Waals surface area contributed by atoms with Crippen LogP contribution in [0.2, 0.25) is 5.02 Å². The van der Waals surface area contributed by atoms with Crippen LogP contribution >= 0.6 is 11.6 Å². The fourth-order valence-electron chi connectivity index (χ4n) is 1.93. The summed E-state index contributed by atoms with van der Waals surface area (Å²) in [6, 6.07) is 5.39. The first-order valence-corrected chi connectivity index (χ1v) is 6.42. The molecule has 0 unspecified atom stereocenters. The van der Waals surface area contributed by atoms with Crippen molar-refractivity contribution in [3.05, 3.63) is 28.8 Å². The number of hydrogen-bond donors (Lipinski definition) is 1. The molecule has 0 saturated carbocycles. The van der Waals surface area contributed by atoms with E-state index in [0.29, 0.717) is 23.9 Å². The highest BCUT2D eigenvalue weighted by molar-refractivity contribution is 6.31. The first-order chi connectivity index (χ1) is 8.56. The van der Waals surface area contributed by atoms with Crippen LogP contribution in [0.3, 0.4) is 0 Å². The number of halogens is 1. The van der Waals surface area contributed by atoms with Crippen LogP contribution in [0.25, 0.3) is 0 Å². The molecule has 1 heterocycles. The molecule has 0 spiro atoms. The molecule has 1 aliphatic heterocycles. The molecule has 4 nitrogen and oxygen atoms in total. The highest BCUT2D eigenvalue weighted by Gasteiger charge is 2.22. The Kier molecular flexibility index (Phi) is 4.09. The molecule has 0 aliphatic carbocycles. The van der Waals surface area contributed by atoms with Gasteiger partial charge in [0.2, 0.25) is 0 Å². The number of carbonyl (C=O) groups excluding carboxylic acids is 1. The van der Waals surface area contributed by atoms with E-state index in [-0.39, 0.29) is 12.1 Å². The van der Waals surface area contributed by atoms with Crippen molar-refractivity contribution < 1.29 is 9.53 Å². The van der Waals surface area contributed by atoms with E-state index >= 15 is 0 Å². The molecular weight excluding hydrogens is 252 g/mol. The van der Waals surface area contributed by atoms with Crippen molar-refractivity contribution in [3.8, 4) is 5.75 Å². The summed E-state index contributed by atoms with van der Waals surface area (Å²) in [6.07, 6.45) is 1.34. The van der Waals surface area contributed by atoms with E-state index in [4.69, 9.17) is 22.1 Å². The van der Waals surface area contributed by atoms with Gasteiger partial charge >= 0.3 is 6.09 Å². The van der Waals surface area contributed by atoms with Crippen LogP contribution in [0.5, 0.6) is 5.75 Å². The Morgan fingerprint density at radius 1 is 1.44 bits per heavy atom. The van der Waals surface area contributed by atoms with Gasteiger partial charge in [0.1, 0.15) is 5.75 Å². The summed E-state index contributed by atoms with van der Waals surface area (Å²) >= 11 is 5.92. The second-order valence-corrected chi connectivity index (χ2v) is 5.01. The predicted molar refractivity (Wildman–Crippen MR) is 71.0 cm³/mol. The molecule has 0 atom stereocenters. The Morgan fingerprint density at radius 2 is 2.11 bits per heavy atom. The summed E-state index contributed by atoms with van der Waals surface area (Å²) in [5, 5.41) is 0.666. The monoisotopic (exact) mass is 268 g/mol. The molecule has 1 saturated heterocycles. The third kappa shape index (κ3) is 3.15. The van der Waals surface area contributed by atoms with E-state index in [1.165, 1.54) is 0 Å². The third-order valence-corrected chi connectivity index (χ3v) is 3.56.